The second-order valence-corrected chi connectivity index (χ2v) is 7.59. The Bertz CT molecular complexity index is 720. The Morgan fingerprint density at radius 2 is 1.92 bits per heavy atom. The molecule has 2 aromatic rings. The first-order valence-corrected chi connectivity index (χ1v) is 9.45. The van der Waals surface area contributed by atoms with Crippen LogP contribution in [0.2, 0.25) is 0 Å². The van der Waals surface area contributed by atoms with Gasteiger partial charge in [0.2, 0.25) is 0 Å². The lowest BCUT2D eigenvalue weighted by molar-refractivity contribution is -0.0417. The van der Waals surface area contributed by atoms with Crippen LogP contribution in [0.25, 0.3) is 0 Å². The minimum Gasteiger partial charge on any atom is -0.489 e. The first-order valence-electron chi connectivity index (χ1n) is 9.45. The largest absolute Gasteiger partial charge is 0.489 e. The fourth-order valence-corrected chi connectivity index (χ4v) is 4.29. The predicted octanol–water partition coefficient (Wildman–Crippen LogP) is 3.10. The molecule has 0 spiro atoms. The highest BCUT2D eigenvalue weighted by atomic mass is 16.5. The summed E-state index contributed by atoms with van der Waals surface area (Å²) in [4.78, 5) is 2.44. The second kappa shape index (κ2) is 7.78. The zero-order valence-corrected chi connectivity index (χ0v) is 15.1. The molecule has 2 atom stereocenters. The Morgan fingerprint density at radius 1 is 1.12 bits per heavy atom. The monoisotopic (exact) mass is 353 g/mol. The van der Waals surface area contributed by atoms with Gasteiger partial charge in [-0.25, -0.2) is 0 Å². The summed E-state index contributed by atoms with van der Waals surface area (Å²) >= 11 is 0. The number of likely N-dealkylation sites (tertiary alicyclic amines) is 1. The van der Waals surface area contributed by atoms with Crippen molar-refractivity contribution in [3.05, 3.63) is 65.7 Å². The highest BCUT2D eigenvalue weighted by molar-refractivity contribution is 5.33. The lowest BCUT2D eigenvalue weighted by atomic mass is 9.75. The van der Waals surface area contributed by atoms with Crippen LogP contribution in [0.1, 0.15) is 17.5 Å². The number of ether oxygens (including phenoxy) is 2. The quantitative estimate of drug-likeness (QED) is 0.867. The van der Waals surface area contributed by atoms with Gasteiger partial charge < -0.3 is 14.6 Å². The number of hydrogen-bond acceptors (Lipinski definition) is 4. The highest BCUT2D eigenvalue weighted by Gasteiger charge is 2.47. The van der Waals surface area contributed by atoms with Gasteiger partial charge in [-0.2, -0.15) is 0 Å². The van der Waals surface area contributed by atoms with Crippen LogP contribution in [0.4, 0.5) is 0 Å². The van der Waals surface area contributed by atoms with Gasteiger partial charge in [-0.1, -0.05) is 48.5 Å². The Hall–Kier alpha value is -1.88. The van der Waals surface area contributed by atoms with Gasteiger partial charge in [0.25, 0.3) is 0 Å². The molecule has 0 unspecified atom stereocenters. The summed E-state index contributed by atoms with van der Waals surface area (Å²) in [5.74, 6) is 1.37. The molecule has 4 nitrogen and oxygen atoms in total. The van der Waals surface area contributed by atoms with Crippen LogP contribution in [0.15, 0.2) is 54.6 Å². The molecule has 4 rings (SSSR count). The summed E-state index contributed by atoms with van der Waals surface area (Å²) in [7, 11) is 0. The number of rotatable bonds is 6. The molecule has 2 aliphatic heterocycles. The van der Waals surface area contributed by atoms with Crippen LogP contribution >= 0.6 is 0 Å². The van der Waals surface area contributed by atoms with Crippen molar-refractivity contribution < 1.29 is 14.6 Å². The van der Waals surface area contributed by atoms with Crippen molar-refractivity contribution in [2.45, 2.75) is 19.6 Å². The van der Waals surface area contributed by atoms with Gasteiger partial charge in [0, 0.05) is 43.1 Å². The zero-order valence-electron chi connectivity index (χ0n) is 15.1. The van der Waals surface area contributed by atoms with E-state index in [2.05, 4.69) is 29.2 Å². The van der Waals surface area contributed by atoms with E-state index in [1.807, 2.05) is 30.3 Å². The van der Waals surface area contributed by atoms with Crippen LogP contribution in [-0.4, -0.2) is 42.9 Å². The van der Waals surface area contributed by atoms with Crippen molar-refractivity contribution in [2.75, 3.05) is 32.9 Å². The Morgan fingerprint density at radius 3 is 2.73 bits per heavy atom. The van der Waals surface area contributed by atoms with E-state index in [1.165, 1.54) is 11.1 Å². The van der Waals surface area contributed by atoms with Crippen LogP contribution in [0.3, 0.4) is 0 Å². The van der Waals surface area contributed by atoms with Gasteiger partial charge >= 0.3 is 0 Å². The van der Waals surface area contributed by atoms with E-state index in [0.717, 1.165) is 45.0 Å². The topological polar surface area (TPSA) is 41.9 Å². The molecule has 2 fully saturated rings. The summed E-state index contributed by atoms with van der Waals surface area (Å²) in [6.07, 6.45) is 0.955. The standard InChI is InChI=1S/C22H27NO3/c24-17-22-10-11-25-15-20(22)13-23(16-22)12-19-8-4-5-9-21(19)26-14-18-6-2-1-3-7-18/h1-9,20,24H,10-17H2/t20-,22-/m1/s1. The number of aliphatic hydroxyl groups is 1. The summed E-state index contributed by atoms with van der Waals surface area (Å²) in [5, 5.41) is 9.99. The second-order valence-electron chi connectivity index (χ2n) is 7.59. The number of aliphatic hydroxyl groups excluding tert-OH is 1. The van der Waals surface area contributed by atoms with Crippen LogP contribution in [0.5, 0.6) is 5.75 Å². The number of hydrogen-bond donors (Lipinski definition) is 1. The molecule has 2 saturated heterocycles. The number of para-hydroxylation sites is 1. The minimum atomic E-state index is 0.0120. The average molecular weight is 353 g/mol. The summed E-state index contributed by atoms with van der Waals surface area (Å²) in [5.41, 5.74) is 2.39. The molecule has 1 N–H and O–H groups in total. The van der Waals surface area contributed by atoms with Crippen molar-refractivity contribution in [3.8, 4) is 5.75 Å². The molecular weight excluding hydrogens is 326 g/mol. The van der Waals surface area contributed by atoms with Crippen LogP contribution < -0.4 is 4.74 Å². The van der Waals surface area contributed by atoms with Gasteiger partial charge in [-0.3, -0.25) is 4.90 Å². The Labute approximate surface area is 155 Å². The molecule has 2 aliphatic rings. The van der Waals surface area contributed by atoms with E-state index in [1.54, 1.807) is 0 Å². The minimum absolute atomic E-state index is 0.0120. The molecule has 2 heterocycles. The van der Waals surface area contributed by atoms with E-state index in [4.69, 9.17) is 9.47 Å². The molecule has 26 heavy (non-hydrogen) atoms. The summed E-state index contributed by atoms with van der Waals surface area (Å²) in [6.45, 7) is 5.13. The zero-order chi connectivity index (χ0) is 17.8. The van der Waals surface area contributed by atoms with Gasteiger partial charge in [-0.15, -0.1) is 0 Å². The van der Waals surface area contributed by atoms with E-state index >= 15 is 0 Å². The fourth-order valence-electron chi connectivity index (χ4n) is 4.29. The molecule has 0 amide bonds. The van der Waals surface area contributed by atoms with Gasteiger partial charge in [0.05, 0.1) is 13.2 Å². The van der Waals surface area contributed by atoms with E-state index in [0.29, 0.717) is 12.5 Å². The van der Waals surface area contributed by atoms with Crippen molar-refractivity contribution in [3.63, 3.8) is 0 Å². The first kappa shape index (κ1) is 17.5. The van der Waals surface area contributed by atoms with Crippen LogP contribution in [0, 0.1) is 11.3 Å². The number of benzene rings is 2. The number of fused-ring (bicyclic) bond motifs is 1. The van der Waals surface area contributed by atoms with E-state index in [9.17, 15) is 5.11 Å². The molecule has 4 heteroatoms. The Kier molecular flexibility index (Phi) is 5.25. The molecule has 0 radical (unpaired) electrons. The summed E-state index contributed by atoms with van der Waals surface area (Å²) < 4.78 is 11.8. The molecule has 0 aliphatic carbocycles. The third-order valence-electron chi connectivity index (χ3n) is 5.87. The maximum absolute atomic E-state index is 9.99. The normalized spacial score (nSPS) is 25.8. The van der Waals surface area contributed by atoms with Gasteiger partial charge in [0.15, 0.2) is 0 Å². The van der Waals surface area contributed by atoms with Crippen molar-refractivity contribution >= 4 is 0 Å². The van der Waals surface area contributed by atoms with Crippen molar-refractivity contribution in [1.82, 2.24) is 4.90 Å². The van der Waals surface area contributed by atoms with Gasteiger partial charge in [-0.05, 0) is 18.1 Å². The third kappa shape index (κ3) is 3.63. The van der Waals surface area contributed by atoms with Crippen molar-refractivity contribution in [1.29, 1.82) is 0 Å². The third-order valence-corrected chi connectivity index (χ3v) is 5.87. The van der Waals surface area contributed by atoms with E-state index in [-0.39, 0.29) is 12.0 Å². The SMILES string of the molecule is OC[C@]12CCOC[C@H]1CN(Cc1ccccc1OCc1ccccc1)C2. The molecular formula is C22H27NO3. The molecule has 138 valence electrons. The summed E-state index contributed by atoms with van der Waals surface area (Å²) in [6, 6.07) is 18.5. The van der Waals surface area contributed by atoms with Gasteiger partial charge in [0.1, 0.15) is 12.4 Å². The lowest BCUT2D eigenvalue weighted by Crippen LogP contribution is -2.41. The maximum atomic E-state index is 9.99. The first-order chi connectivity index (χ1) is 12.8. The van der Waals surface area contributed by atoms with Crippen LogP contribution in [-0.2, 0) is 17.9 Å². The van der Waals surface area contributed by atoms with E-state index < -0.39 is 0 Å². The van der Waals surface area contributed by atoms with Crippen molar-refractivity contribution in [2.24, 2.45) is 11.3 Å². The number of nitrogens with zero attached hydrogens (tertiary/aromatic N) is 1. The smallest absolute Gasteiger partial charge is 0.124 e. The lowest BCUT2D eigenvalue weighted by Gasteiger charge is -2.36. The molecule has 0 saturated carbocycles. The fraction of sp³-hybridized carbons (Fsp3) is 0.455. The maximum Gasteiger partial charge on any atom is 0.124 e. The average Bonchev–Trinajstić information content (AvgIpc) is 3.06. The predicted molar refractivity (Wildman–Crippen MR) is 101 cm³/mol. The molecule has 0 bridgehead atoms. The Balaban J connectivity index is 1.44. The molecule has 0 aromatic heterocycles. The molecule has 2 aromatic carbocycles. The highest BCUT2D eigenvalue weighted by Crippen LogP contribution is 2.42.